The fraction of sp³-hybridized carbons (Fsp3) is 0.192. The fourth-order valence-electron chi connectivity index (χ4n) is 7.89. The minimum absolute atomic E-state index is 0.253. The van der Waals surface area contributed by atoms with Gasteiger partial charge in [-0.25, -0.2) is 9.97 Å². The molecule has 2 saturated heterocycles. The molecule has 2 aliphatic heterocycles. The lowest BCUT2D eigenvalue weighted by atomic mass is 9.99. The summed E-state index contributed by atoms with van der Waals surface area (Å²) in [6.07, 6.45) is 0.919. The molecule has 0 saturated carbocycles. The predicted molar refractivity (Wildman–Crippen MR) is 271 cm³/mol. The number of aryl methyl sites for hydroxylation is 2. The molecule has 0 unspecified atom stereocenters. The average Bonchev–Trinajstić information content (AvgIpc) is 4.00. The van der Waals surface area contributed by atoms with Gasteiger partial charge in [-0.2, -0.15) is 0 Å². The minimum Gasteiger partial charge on any atom is -0.486 e. The Morgan fingerprint density at radius 1 is 0.500 bits per heavy atom. The van der Waals surface area contributed by atoms with Crippen LogP contribution in [0.5, 0.6) is 34.5 Å². The van der Waals surface area contributed by atoms with Crippen LogP contribution in [0.15, 0.2) is 133 Å². The van der Waals surface area contributed by atoms with E-state index in [1.807, 2.05) is 132 Å². The molecule has 4 heterocycles. The number of benzene rings is 6. The zero-order valence-corrected chi connectivity index (χ0v) is 40.2. The number of aromatic nitrogens is 4. The molecule has 0 bridgehead atoms. The molecule has 18 heteroatoms. The number of amides is 4. The van der Waals surface area contributed by atoms with E-state index in [0.717, 1.165) is 68.4 Å². The van der Waals surface area contributed by atoms with Gasteiger partial charge in [0.2, 0.25) is 11.8 Å². The highest BCUT2D eigenvalue weighted by atomic mass is 32.2. The number of imidazole rings is 2. The van der Waals surface area contributed by atoms with E-state index in [0.29, 0.717) is 71.9 Å². The van der Waals surface area contributed by atoms with Gasteiger partial charge in [-0.3, -0.25) is 29.8 Å². The van der Waals surface area contributed by atoms with Crippen LogP contribution in [0, 0.1) is 0 Å². The smallest absolute Gasteiger partial charge is 0.286 e. The summed E-state index contributed by atoms with van der Waals surface area (Å²) in [5.41, 5.74) is 18.3. The first kappa shape index (κ1) is 47.1. The largest absolute Gasteiger partial charge is 0.486 e. The van der Waals surface area contributed by atoms with E-state index in [9.17, 15) is 19.2 Å². The second-order valence-corrected chi connectivity index (χ2v) is 20.1. The molecular formula is C52H48N8O8S2. The number of thioether (sulfide) groups is 2. The van der Waals surface area contributed by atoms with Gasteiger partial charge in [0.15, 0.2) is 0 Å². The van der Waals surface area contributed by atoms with Gasteiger partial charge in [-0.15, -0.1) is 0 Å². The minimum atomic E-state index is -0.789. The predicted octanol–water partition coefficient (Wildman–Crippen LogP) is 9.62. The summed E-state index contributed by atoms with van der Waals surface area (Å²) in [7, 11) is 3.88. The first-order valence-electron chi connectivity index (χ1n) is 22.1. The Morgan fingerprint density at radius 3 is 1.19 bits per heavy atom. The number of carbonyl (C=O) groups excluding carboxylic acids is 4. The molecule has 0 spiro atoms. The van der Waals surface area contributed by atoms with E-state index < -0.39 is 9.49 Å². The summed E-state index contributed by atoms with van der Waals surface area (Å²) in [5.74, 6) is 5.26. The maximum Gasteiger partial charge on any atom is 0.286 e. The van der Waals surface area contributed by atoms with Gasteiger partial charge in [-0.1, -0.05) is 24.3 Å². The topological polar surface area (TPSA) is 217 Å². The van der Waals surface area contributed by atoms with Crippen LogP contribution in [0.1, 0.15) is 36.6 Å². The average molecular weight is 977 g/mol. The van der Waals surface area contributed by atoms with Gasteiger partial charge in [0, 0.05) is 37.6 Å². The molecule has 2 atom stereocenters. The van der Waals surface area contributed by atoms with Gasteiger partial charge in [0.1, 0.15) is 68.9 Å². The van der Waals surface area contributed by atoms with Crippen molar-refractivity contribution in [3.05, 3.63) is 156 Å². The fourth-order valence-corrected chi connectivity index (χ4v) is 9.76. The third kappa shape index (κ3) is 10.7. The van der Waals surface area contributed by atoms with Gasteiger partial charge in [-0.05, 0) is 158 Å². The van der Waals surface area contributed by atoms with Crippen LogP contribution in [0.2, 0.25) is 0 Å². The van der Waals surface area contributed by atoms with Crippen LogP contribution in [0.25, 0.3) is 22.1 Å². The Labute approximate surface area is 411 Å². The molecule has 4 amide bonds. The van der Waals surface area contributed by atoms with Crippen LogP contribution in [-0.2, 0) is 49.7 Å². The molecule has 6 N–H and O–H groups in total. The number of nitrogens with one attached hydrogen (secondary N) is 2. The maximum atomic E-state index is 12.1. The van der Waals surface area contributed by atoms with Crippen LogP contribution in [-0.4, -0.2) is 50.9 Å². The number of carbonyl (C=O) groups is 4. The molecule has 0 radical (unpaired) electrons. The first-order valence-corrected chi connectivity index (χ1v) is 23.7. The molecule has 6 aromatic carbocycles. The van der Waals surface area contributed by atoms with E-state index in [4.69, 9.17) is 30.4 Å². The number of hydrogen-bond donors (Lipinski definition) is 4. The number of nitrogens with zero attached hydrogens (tertiary/aromatic N) is 4. The van der Waals surface area contributed by atoms with Gasteiger partial charge in [0.25, 0.3) is 10.5 Å². The molecule has 2 aliphatic rings. The Kier molecular flexibility index (Phi) is 13.2. The Balaban J connectivity index is 0.000000174. The third-order valence-corrected chi connectivity index (χ3v) is 14.0. The zero-order chi connectivity index (χ0) is 49.2. The summed E-state index contributed by atoms with van der Waals surface area (Å²) < 4.78 is 26.2. The number of ether oxygens (including phenoxy) is 4. The summed E-state index contributed by atoms with van der Waals surface area (Å²) in [5, 5.41) is 4.10. The lowest BCUT2D eigenvalue weighted by molar-refractivity contribution is -0.122. The Bertz CT molecular complexity index is 3050. The van der Waals surface area contributed by atoms with E-state index in [-0.39, 0.29) is 22.3 Å². The molecule has 2 fully saturated rings. The van der Waals surface area contributed by atoms with E-state index >= 15 is 0 Å². The highest BCUT2D eigenvalue weighted by molar-refractivity contribution is 8.16. The lowest BCUT2D eigenvalue weighted by Crippen LogP contribution is -2.35. The van der Waals surface area contributed by atoms with Gasteiger partial charge >= 0.3 is 0 Å². The number of nitrogen functional groups attached to an aromatic ring is 2. The van der Waals surface area contributed by atoms with Crippen molar-refractivity contribution in [3.8, 4) is 34.5 Å². The quantitative estimate of drug-likeness (QED) is 0.0747. The number of imide groups is 2. The van der Waals surface area contributed by atoms with Crippen molar-refractivity contribution in [3.63, 3.8) is 0 Å². The monoisotopic (exact) mass is 976 g/mol. The van der Waals surface area contributed by atoms with E-state index in [1.54, 1.807) is 38.1 Å². The zero-order valence-electron chi connectivity index (χ0n) is 38.6. The first-order chi connectivity index (χ1) is 33.6. The second-order valence-electron chi connectivity index (χ2n) is 17.2. The van der Waals surface area contributed by atoms with Crippen LogP contribution in [0.4, 0.5) is 21.0 Å². The Morgan fingerprint density at radius 2 is 0.843 bits per heavy atom. The summed E-state index contributed by atoms with van der Waals surface area (Å²) in [6.45, 7) is 4.15. The highest BCUT2D eigenvalue weighted by Gasteiger charge is 2.44. The number of anilines is 2. The lowest BCUT2D eigenvalue weighted by Gasteiger charge is -2.18. The summed E-state index contributed by atoms with van der Waals surface area (Å²) >= 11 is 2.06. The van der Waals surface area contributed by atoms with Gasteiger partial charge in [0.05, 0.1) is 22.1 Å². The second kappa shape index (κ2) is 19.6. The van der Waals surface area contributed by atoms with Crippen molar-refractivity contribution in [1.29, 1.82) is 0 Å². The number of rotatable bonds is 14. The normalized spacial score (nSPS) is 17.5. The van der Waals surface area contributed by atoms with Crippen molar-refractivity contribution in [2.45, 2.75) is 49.4 Å². The van der Waals surface area contributed by atoms with Crippen LogP contribution < -0.4 is 41.0 Å². The molecule has 0 aliphatic carbocycles. The standard InChI is InChI=1S/2C26H24N4O4S/c2*1-26(24(31)29-25(32)35-26)14-16-3-7-18(8-4-16)33-15-23-28-21-12-11-20(13-22(21)30(23)2)34-19-9-5-17(27)6-10-19/h2*3-13H,14-15,27H2,1-2H3,(H,29,31,32)/t2*26-/m10/s1. The molecule has 8 aromatic rings. The van der Waals surface area contributed by atoms with Crippen molar-refractivity contribution in [1.82, 2.24) is 29.7 Å². The molecule has 356 valence electrons. The molecule has 10 rings (SSSR count). The van der Waals surface area contributed by atoms with Crippen molar-refractivity contribution in [2.24, 2.45) is 14.1 Å². The van der Waals surface area contributed by atoms with Crippen molar-refractivity contribution < 1.29 is 38.1 Å². The number of fused-ring (bicyclic) bond motifs is 2. The number of hydrogen-bond acceptors (Lipinski definition) is 14. The van der Waals surface area contributed by atoms with E-state index in [2.05, 4.69) is 20.6 Å². The molecule has 2 aromatic heterocycles. The summed E-state index contributed by atoms with van der Waals surface area (Å²) in [4.78, 5) is 56.6. The van der Waals surface area contributed by atoms with Crippen LogP contribution in [0.3, 0.4) is 0 Å². The van der Waals surface area contributed by atoms with Crippen molar-refractivity contribution in [2.75, 3.05) is 11.5 Å². The summed E-state index contributed by atoms with van der Waals surface area (Å²) in [6, 6.07) is 41.1. The SMILES string of the molecule is Cn1c(COc2ccc(C[C@@]3(C)SC(=O)NC3=O)cc2)nc2ccc(Oc3ccc(N)cc3)cc21.Cn1c(COc2ccc(C[C@]3(C)SC(=O)NC3=O)cc2)nc2ccc(Oc3ccc(N)cc3)cc21. The molecule has 70 heavy (non-hydrogen) atoms. The molecular weight excluding hydrogens is 929 g/mol. The molecule has 16 nitrogen and oxygen atoms in total. The third-order valence-electron chi connectivity index (χ3n) is 11.8. The number of nitrogens with two attached hydrogens (primary N) is 2. The maximum absolute atomic E-state index is 12.1. The van der Waals surface area contributed by atoms with E-state index in [1.165, 1.54) is 0 Å². The van der Waals surface area contributed by atoms with Crippen molar-refractivity contribution >= 4 is 79.3 Å². The van der Waals surface area contributed by atoms with Gasteiger partial charge < -0.3 is 39.5 Å². The van der Waals surface area contributed by atoms with Crippen LogP contribution >= 0.6 is 23.5 Å². The Hall–Kier alpha value is -7.96. The highest BCUT2D eigenvalue weighted by Crippen LogP contribution is 2.37.